The Kier molecular flexibility index (Phi) is 5.24. The van der Waals surface area contributed by atoms with Crippen molar-refractivity contribution in [2.24, 2.45) is 0 Å². The maximum Gasteiger partial charge on any atom is 0.336 e. The fraction of sp³-hybridized carbons (Fsp3) is 0.333. The molecule has 3 aromatic rings. The number of fused-ring (bicyclic) bond motifs is 1. The molecule has 4 rings (SSSR count). The van der Waals surface area contributed by atoms with Crippen molar-refractivity contribution < 1.29 is 13.6 Å². The summed E-state index contributed by atoms with van der Waals surface area (Å²) in [5.41, 5.74) is 2.05. The SMILES string of the molecule is CCc1cc2oc(=O)cc(CN3CCN(C(=O)c4ccco4)CC3)c2cc1Cl. The van der Waals surface area contributed by atoms with Gasteiger partial charge in [-0.3, -0.25) is 9.69 Å². The van der Waals surface area contributed by atoms with Gasteiger partial charge >= 0.3 is 5.63 Å². The maximum atomic E-state index is 12.4. The summed E-state index contributed by atoms with van der Waals surface area (Å²) >= 11 is 6.37. The molecule has 3 heterocycles. The first-order valence-electron chi connectivity index (χ1n) is 9.35. The van der Waals surface area contributed by atoms with Gasteiger partial charge in [0.2, 0.25) is 0 Å². The molecule has 0 atom stereocenters. The van der Waals surface area contributed by atoms with Crippen LogP contribution in [-0.2, 0) is 13.0 Å². The lowest BCUT2D eigenvalue weighted by Gasteiger charge is -2.34. The van der Waals surface area contributed by atoms with E-state index in [0.717, 1.165) is 36.0 Å². The number of carbonyl (C=O) groups is 1. The maximum absolute atomic E-state index is 12.4. The van der Waals surface area contributed by atoms with E-state index in [0.29, 0.717) is 36.0 Å². The standard InChI is InChI=1S/C21H21ClN2O4/c1-2-14-10-19-16(12-17(14)22)15(11-20(25)28-19)13-23-5-7-24(8-6-23)21(26)18-4-3-9-27-18/h3-4,9-12H,2,5-8,13H2,1H3. The van der Waals surface area contributed by atoms with E-state index >= 15 is 0 Å². The third-order valence-corrected chi connectivity index (χ3v) is 5.52. The highest BCUT2D eigenvalue weighted by Gasteiger charge is 2.24. The third-order valence-electron chi connectivity index (χ3n) is 5.16. The van der Waals surface area contributed by atoms with Crippen LogP contribution in [0.15, 0.2) is 50.2 Å². The lowest BCUT2D eigenvalue weighted by Crippen LogP contribution is -2.48. The smallest absolute Gasteiger partial charge is 0.336 e. The molecule has 146 valence electrons. The fourth-order valence-corrected chi connectivity index (χ4v) is 3.89. The fourth-order valence-electron chi connectivity index (χ4n) is 3.60. The van der Waals surface area contributed by atoms with Crippen molar-refractivity contribution in [1.82, 2.24) is 9.80 Å². The predicted octanol–water partition coefficient (Wildman–Crippen LogP) is 3.56. The molecule has 1 amide bonds. The average Bonchev–Trinajstić information content (AvgIpc) is 3.23. The molecule has 1 aliphatic heterocycles. The topological polar surface area (TPSA) is 66.9 Å². The van der Waals surface area contributed by atoms with Gasteiger partial charge in [0, 0.05) is 49.2 Å². The summed E-state index contributed by atoms with van der Waals surface area (Å²) < 4.78 is 10.6. The largest absolute Gasteiger partial charge is 0.459 e. The van der Waals surface area contributed by atoms with Crippen LogP contribution in [0.25, 0.3) is 11.0 Å². The first kappa shape index (κ1) is 18.8. The lowest BCUT2D eigenvalue weighted by molar-refractivity contribution is 0.0598. The Morgan fingerprint density at radius 1 is 1.14 bits per heavy atom. The van der Waals surface area contributed by atoms with Crippen molar-refractivity contribution in [2.45, 2.75) is 19.9 Å². The van der Waals surface area contributed by atoms with Gasteiger partial charge in [0.15, 0.2) is 5.76 Å². The number of carbonyl (C=O) groups excluding carboxylic acids is 1. The first-order valence-corrected chi connectivity index (χ1v) is 9.73. The predicted molar refractivity (Wildman–Crippen MR) is 107 cm³/mol. The number of halogens is 1. The molecule has 2 aromatic heterocycles. The van der Waals surface area contributed by atoms with Crippen LogP contribution in [0, 0.1) is 0 Å². The zero-order valence-electron chi connectivity index (χ0n) is 15.6. The molecule has 0 N–H and O–H groups in total. The van der Waals surface area contributed by atoms with Gasteiger partial charge in [-0.25, -0.2) is 4.79 Å². The minimum Gasteiger partial charge on any atom is -0.459 e. The second-order valence-electron chi connectivity index (χ2n) is 6.93. The van der Waals surface area contributed by atoms with Crippen LogP contribution in [0.3, 0.4) is 0 Å². The Balaban J connectivity index is 1.51. The van der Waals surface area contributed by atoms with E-state index in [-0.39, 0.29) is 11.5 Å². The van der Waals surface area contributed by atoms with Gasteiger partial charge < -0.3 is 13.7 Å². The van der Waals surface area contributed by atoms with Crippen molar-refractivity contribution in [2.75, 3.05) is 26.2 Å². The monoisotopic (exact) mass is 400 g/mol. The number of benzene rings is 1. The van der Waals surface area contributed by atoms with E-state index in [1.54, 1.807) is 17.0 Å². The number of rotatable bonds is 4. The normalized spacial score (nSPS) is 15.3. The van der Waals surface area contributed by atoms with E-state index in [1.165, 1.54) is 12.3 Å². The van der Waals surface area contributed by atoms with E-state index in [1.807, 2.05) is 19.1 Å². The number of hydrogen-bond acceptors (Lipinski definition) is 5. The van der Waals surface area contributed by atoms with Gasteiger partial charge in [0.1, 0.15) is 5.58 Å². The molecule has 0 spiro atoms. The van der Waals surface area contributed by atoms with Crippen LogP contribution in [0.2, 0.25) is 5.02 Å². The van der Waals surface area contributed by atoms with Crippen LogP contribution in [0.4, 0.5) is 0 Å². The van der Waals surface area contributed by atoms with Crippen molar-refractivity contribution in [1.29, 1.82) is 0 Å². The first-order chi connectivity index (χ1) is 13.5. The highest BCUT2D eigenvalue weighted by molar-refractivity contribution is 6.32. The average molecular weight is 401 g/mol. The molecular formula is C21H21ClN2O4. The summed E-state index contributed by atoms with van der Waals surface area (Å²) in [5.74, 6) is 0.274. The zero-order valence-corrected chi connectivity index (χ0v) is 16.4. The summed E-state index contributed by atoms with van der Waals surface area (Å²) in [5, 5.41) is 1.54. The van der Waals surface area contributed by atoms with Crippen molar-refractivity contribution in [3.05, 3.63) is 68.9 Å². The summed E-state index contributed by atoms with van der Waals surface area (Å²) in [6, 6.07) is 8.65. The van der Waals surface area contributed by atoms with Gasteiger partial charge in [-0.1, -0.05) is 18.5 Å². The molecule has 6 nitrogen and oxygen atoms in total. The van der Waals surface area contributed by atoms with Crippen molar-refractivity contribution in [3.8, 4) is 0 Å². The molecule has 1 fully saturated rings. The van der Waals surface area contributed by atoms with Crippen LogP contribution >= 0.6 is 11.6 Å². The molecule has 0 bridgehead atoms. The molecule has 0 radical (unpaired) electrons. The number of nitrogens with zero attached hydrogens (tertiary/aromatic N) is 2. The second kappa shape index (κ2) is 7.81. The molecule has 7 heteroatoms. The quantitative estimate of drug-likeness (QED) is 0.626. The summed E-state index contributed by atoms with van der Waals surface area (Å²) in [7, 11) is 0. The van der Waals surface area contributed by atoms with Crippen LogP contribution in [-0.4, -0.2) is 41.9 Å². The number of piperazine rings is 1. The van der Waals surface area contributed by atoms with Gasteiger partial charge in [0.05, 0.1) is 6.26 Å². The van der Waals surface area contributed by atoms with Gasteiger partial charge in [-0.15, -0.1) is 0 Å². The highest BCUT2D eigenvalue weighted by Crippen LogP contribution is 2.27. The van der Waals surface area contributed by atoms with Crippen LogP contribution in [0.1, 0.15) is 28.6 Å². The molecule has 0 aliphatic carbocycles. The molecule has 0 saturated carbocycles. The highest BCUT2D eigenvalue weighted by atomic mass is 35.5. The molecule has 0 unspecified atom stereocenters. The Morgan fingerprint density at radius 2 is 1.93 bits per heavy atom. The van der Waals surface area contributed by atoms with E-state index < -0.39 is 0 Å². The van der Waals surface area contributed by atoms with E-state index in [9.17, 15) is 9.59 Å². The van der Waals surface area contributed by atoms with E-state index in [4.69, 9.17) is 20.4 Å². The van der Waals surface area contributed by atoms with Crippen LogP contribution in [0.5, 0.6) is 0 Å². The van der Waals surface area contributed by atoms with Gasteiger partial charge in [-0.05, 0) is 41.8 Å². The molecule has 1 aliphatic rings. The Bertz CT molecular complexity index is 1050. The number of furan rings is 1. The summed E-state index contributed by atoms with van der Waals surface area (Å²) in [6.07, 6.45) is 2.28. The van der Waals surface area contributed by atoms with Gasteiger partial charge in [-0.2, -0.15) is 0 Å². The Labute approximate surface area is 167 Å². The molecule has 28 heavy (non-hydrogen) atoms. The Hall–Kier alpha value is -2.57. The summed E-state index contributed by atoms with van der Waals surface area (Å²) in [4.78, 5) is 28.4. The molecular weight excluding hydrogens is 380 g/mol. The van der Waals surface area contributed by atoms with Crippen molar-refractivity contribution >= 4 is 28.5 Å². The molecule has 1 aromatic carbocycles. The minimum absolute atomic E-state index is 0.0886. The second-order valence-corrected chi connectivity index (χ2v) is 7.34. The number of aryl methyl sites for hydroxylation is 1. The minimum atomic E-state index is -0.362. The Morgan fingerprint density at radius 3 is 2.61 bits per heavy atom. The number of amides is 1. The molecule has 1 saturated heterocycles. The zero-order chi connectivity index (χ0) is 19.7. The van der Waals surface area contributed by atoms with Crippen LogP contribution < -0.4 is 5.63 Å². The van der Waals surface area contributed by atoms with Gasteiger partial charge in [0.25, 0.3) is 5.91 Å². The van der Waals surface area contributed by atoms with Crippen molar-refractivity contribution in [3.63, 3.8) is 0 Å². The summed E-state index contributed by atoms with van der Waals surface area (Å²) in [6.45, 7) is 5.27. The van der Waals surface area contributed by atoms with E-state index in [2.05, 4.69) is 4.90 Å². The number of hydrogen-bond donors (Lipinski definition) is 0. The third kappa shape index (κ3) is 3.70. The lowest BCUT2D eigenvalue weighted by atomic mass is 10.1.